The van der Waals surface area contributed by atoms with E-state index >= 15 is 0 Å². The molecule has 0 aliphatic rings. The zero-order valence-corrected chi connectivity index (χ0v) is 13.9. The van der Waals surface area contributed by atoms with Crippen LogP contribution in [-0.2, 0) is 0 Å². The molecule has 4 aromatic rings. The van der Waals surface area contributed by atoms with Gasteiger partial charge in [-0.3, -0.25) is 0 Å². The minimum Gasteiger partial charge on any atom is -0.368 e. The fourth-order valence-corrected chi connectivity index (χ4v) is 3.66. The molecule has 24 heavy (non-hydrogen) atoms. The van der Waals surface area contributed by atoms with Crippen LogP contribution >= 0.6 is 11.3 Å². The lowest BCUT2D eigenvalue weighted by atomic mass is 9.91. The summed E-state index contributed by atoms with van der Waals surface area (Å²) in [7, 11) is 0. The van der Waals surface area contributed by atoms with Crippen molar-refractivity contribution >= 4 is 27.4 Å². The van der Waals surface area contributed by atoms with Gasteiger partial charge in [0, 0.05) is 12.5 Å². The highest BCUT2D eigenvalue weighted by Gasteiger charge is 2.14. The molecular formula is C20H17N3S. The second-order valence-electron chi connectivity index (χ2n) is 5.62. The molecule has 118 valence electrons. The van der Waals surface area contributed by atoms with E-state index in [-0.39, 0.29) is 5.92 Å². The number of hydrogen-bond acceptors (Lipinski definition) is 4. The number of benzene rings is 2. The number of anilines is 1. The molecule has 4 rings (SSSR count). The van der Waals surface area contributed by atoms with Crippen molar-refractivity contribution in [1.82, 2.24) is 9.97 Å². The summed E-state index contributed by atoms with van der Waals surface area (Å²) < 4.78 is 0. The Morgan fingerprint density at radius 2 is 1.50 bits per heavy atom. The van der Waals surface area contributed by atoms with Gasteiger partial charge >= 0.3 is 0 Å². The molecule has 0 aliphatic carbocycles. The number of rotatable bonds is 5. The topological polar surface area (TPSA) is 37.8 Å². The first-order valence-electron chi connectivity index (χ1n) is 7.94. The Kier molecular flexibility index (Phi) is 4.21. The molecule has 0 bridgehead atoms. The molecule has 3 nitrogen and oxygen atoms in total. The molecule has 0 aliphatic heterocycles. The second kappa shape index (κ2) is 6.81. The molecular weight excluding hydrogens is 314 g/mol. The average Bonchev–Trinajstić information content (AvgIpc) is 3.13. The minimum absolute atomic E-state index is 0.274. The monoisotopic (exact) mass is 331 g/mol. The van der Waals surface area contributed by atoms with Crippen LogP contribution in [0.15, 0.2) is 78.4 Å². The van der Waals surface area contributed by atoms with Crippen molar-refractivity contribution in [2.45, 2.75) is 5.92 Å². The first-order chi connectivity index (χ1) is 11.9. The van der Waals surface area contributed by atoms with E-state index in [1.54, 1.807) is 17.7 Å². The molecule has 0 saturated heterocycles. The summed E-state index contributed by atoms with van der Waals surface area (Å²) in [5.41, 5.74) is 2.60. The van der Waals surface area contributed by atoms with E-state index in [0.717, 1.165) is 22.6 Å². The van der Waals surface area contributed by atoms with Crippen molar-refractivity contribution in [2.75, 3.05) is 11.9 Å². The van der Waals surface area contributed by atoms with Crippen LogP contribution in [0.5, 0.6) is 0 Å². The third-order valence-corrected chi connectivity index (χ3v) is 4.96. The van der Waals surface area contributed by atoms with E-state index in [0.29, 0.717) is 0 Å². The van der Waals surface area contributed by atoms with Gasteiger partial charge in [0.15, 0.2) is 0 Å². The van der Waals surface area contributed by atoms with Gasteiger partial charge in [-0.05, 0) is 22.6 Å². The van der Waals surface area contributed by atoms with E-state index in [4.69, 9.17) is 0 Å². The van der Waals surface area contributed by atoms with Crippen molar-refractivity contribution in [3.63, 3.8) is 0 Å². The Bertz CT molecular complexity index is 880. The van der Waals surface area contributed by atoms with Crippen LogP contribution < -0.4 is 5.32 Å². The van der Waals surface area contributed by atoms with E-state index in [2.05, 4.69) is 87.4 Å². The fraction of sp³-hybridized carbons (Fsp3) is 0.100. The zero-order chi connectivity index (χ0) is 16.2. The molecule has 0 unspecified atom stereocenters. The van der Waals surface area contributed by atoms with E-state index < -0.39 is 0 Å². The predicted octanol–water partition coefficient (Wildman–Crippen LogP) is 4.94. The van der Waals surface area contributed by atoms with Crippen molar-refractivity contribution in [3.8, 4) is 0 Å². The van der Waals surface area contributed by atoms with Crippen LogP contribution in [0.2, 0.25) is 0 Å². The van der Waals surface area contributed by atoms with Gasteiger partial charge in [-0.1, -0.05) is 60.7 Å². The number of nitrogens with one attached hydrogen (secondary N) is 1. The molecule has 0 radical (unpaired) electrons. The van der Waals surface area contributed by atoms with Crippen molar-refractivity contribution in [3.05, 3.63) is 89.6 Å². The van der Waals surface area contributed by atoms with Crippen LogP contribution in [0.25, 0.3) is 10.2 Å². The number of thiophene rings is 1. The smallest absolute Gasteiger partial charge is 0.138 e. The highest BCUT2D eigenvalue weighted by Crippen LogP contribution is 2.27. The predicted molar refractivity (Wildman–Crippen MR) is 101 cm³/mol. The van der Waals surface area contributed by atoms with Crippen LogP contribution in [-0.4, -0.2) is 16.5 Å². The molecule has 0 spiro atoms. The summed E-state index contributed by atoms with van der Waals surface area (Å²) in [6, 6.07) is 23.3. The number of nitrogens with zero attached hydrogens (tertiary/aromatic N) is 2. The lowest BCUT2D eigenvalue weighted by molar-refractivity contribution is 0.849. The lowest BCUT2D eigenvalue weighted by Gasteiger charge is -2.19. The van der Waals surface area contributed by atoms with Gasteiger partial charge in [-0.15, -0.1) is 11.3 Å². The van der Waals surface area contributed by atoms with Crippen molar-refractivity contribution in [1.29, 1.82) is 0 Å². The molecule has 0 atom stereocenters. The zero-order valence-electron chi connectivity index (χ0n) is 13.1. The van der Waals surface area contributed by atoms with Gasteiger partial charge in [0.2, 0.25) is 0 Å². The van der Waals surface area contributed by atoms with Gasteiger partial charge in [0.25, 0.3) is 0 Å². The molecule has 0 fully saturated rings. The molecule has 2 aromatic heterocycles. The normalized spacial score (nSPS) is 11.0. The van der Waals surface area contributed by atoms with Gasteiger partial charge in [0.05, 0.1) is 5.39 Å². The number of hydrogen-bond donors (Lipinski definition) is 1. The summed E-state index contributed by atoms with van der Waals surface area (Å²) in [6.45, 7) is 0.788. The maximum Gasteiger partial charge on any atom is 0.138 e. The summed E-state index contributed by atoms with van der Waals surface area (Å²) in [5.74, 6) is 1.18. The second-order valence-corrected chi connectivity index (χ2v) is 6.51. The maximum absolute atomic E-state index is 4.42. The Hall–Kier alpha value is -2.72. The van der Waals surface area contributed by atoms with E-state index in [1.807, 2.05) is 0 Å². The summed E-state index contributed by atoms with van der Waals surface area (Å²) in [6.07, 6.45) is 1.63. The van der Waals surface area contributed by atoms with Crippen molar-refractivity contribution in [2.24, 2.45) is 0 Å². The molecule has 0 saturated carbocycles. The number of aromatic nitrogens is 2. The Morgan fingerprint density at radius 3 is 2.17 bits per heavy atom. The number of fused-ring (bicyclic) bond motifs is 1. The highest BCUT2D eigenvalue weighted by atomic mass is 32.1. The summed E-state index contributed by atoms with van der Waals surface area (Å²) in [5, 5.41) is 6.66. The Balaban J connectivity index is 1.64. The summed E-state index contributed by atoms with van der Waals surface area (Å²) in [4.78, 5) is 9.75. The minimum atomic E-state index is 0.274. The molecule has 0 amide bonds. The fourth-order valence-electron chi connectivity index (χ4n) is 2.93. The Morgan fingerprint density at radius 1 is 0.833 bits per heavy atom. The average molecular weight is 331 g/mol. The SMILES string of the molecule is c1ccc(C(CNc2ncnc3sccc23)c2ccccc2)cc1. The summed E-state index contributed by atoms with van der Waals surface area (Å²) >= 11 is 1.64. The van der Waals surface area contributed by atoms with E-state index in [9.17, 15) is 0 Å². The molecule has 2 aromatic carbocycles. The third kappa shape index (κ3) is 3.01. The lowest BCUT2D eigenvalue weighted by Crippen LogP contribution is -2.15. The quantitative estimate of drug-likeness (QED) is 0.563. The third-order valence-electron chi connectivity index (χ3n) is 4.14. The van der Waals surface area contributed by atoms with Crippen molar-refractivity contribution < 1.29 is 0 Å². The molecule has 2 heterocycles. The van der Waals surface area contributed by atoms with Crippen LogP contribution in [0.4, 0.5) is 5.82 Å². The van der Waals surface area contributed by atoms with Crippen LogP contribution in [0.1, 0.15) is 17.0 Å². The van der Waals surface area contributed by atoms with Gasteiger partial charge in [-0.2, -0.15) is 0 Å². The van der Waals surface area contributed by atoms with Crippen LogP contribution in [0.3, 0.4) is 0 Å². The standard InChI is InChI=1S/C20H17N3S/c1-3-7-15(8-4-1)18(16-9-5-2-6-10-16)13-21-19-17-11-12-24-20(17)23-14-22-19/h1-12,14,18H,13H2,(H,21,22,23). The van der Waals surface area contributed by atoms with E-state index in [1.165, 1.54) is 11.1 Å². The van der Waals surface area contributed by atoms with Gasteiger partial charge in [-0.25, -0.2) is 9.97 Å². The molecule has 1 N–H and O–H groups in total. The van der Waals surface area contributed by atoms with Gasteiger partial charge in [0.1, 0.15) is 17.0 Å². The largest absolute Gasteiger partial charge is 0.368 e. The Labute approximate surface area is 145 Å². The highest BCUT2D eigenvalue weighted by molar-refractivity contribution is 7.16. The first-order valence-corrected chi connectivity index (χ1v) is 8.82. The molecule has 4 heteroatoms. The first kappa shape index (κ1) is 14.8. The van der Waals surface area contributed by atoms with Crippen LogP contribution in [0, 0.1) is 0 Å². The van der Waals surface area contributed by atoms with Gasteiger partial charge < -0.3 is 5.32 Å². The maximum atomic E-state index is 4.42.